The Hall–Kier alpha value is -3.75. The van der Waals surface area contributed by atoms with E-state index in [2.05, 4.69) is 10.6 Å². The fourth-order valence-corrected chi connectivity index (χ4v) is 4.39. The van der Waals surface area contributed by atoms with E-state index in [9.17, 15) is 24.5 Å². The normalized spacial score (nSPS) is 16.9. The van der Waals surface area contributed by atoms with Crippen LogP contribution in [0.3, 0.4) is 0 Å². The molecule has 1 aliphatic heterocycles. The Morgan fingerprint density at radius 2 is 1.81 bits per heavy atom. The summed E-state index contributed by atoms with van der Waals surface area (Å²) in [5.41, 5.74) is 0.0336. The van der Waals surface area contributed by atoms with Gasteiger partial charge in [0.2, 0.25) is 0 Å². The highest BCUT2D eigenvalue weighted by molar-refractivity contribution is 6.09. The predicted molar refractivity (Wildman–Crippen MR) is 118 cm³/mol. The van der Waals surface area contributed by atoms with E-state index < -0.39 is 10.5 Å². The van der Waals surface area contributed by atoms with Crippen LogP contribution in [0.25, 0.3) is 0 Å². The summed E-state index contributed by atoms with van der Waals surface area (Å²) in [6, 6.07) is 12.5. The fraction of sp³-hybridized carbons (Fsp3) is 0.348. The molecule has 1 saturated carbocycles. The van der Waals surface area contributed by atoms with Crippen molar-refractivity contribution in [2.24, 2.45) is 0 Å². The van der Waals surface area contributed by atoms with Crippen molar-refractivity contribution in [2.75, 3.05) is 18.4 Å². The summed E-state index contributed by atoms with van der Waals surface area (Å²) < 4.78 is 0. The van der Waals surface area contributed by atoms with Crippen LogP contribution < -0.4 is 10.6 Å². The molecule has 0 radical (unpaired) electrons. The smallest absolute Gasteiger partial charge is 0.325 e. The zero-order chi connectivity index (χ0) is 22.7. The molecule has 3 amide bonds. The molecule has 1 heterocycles. The molecule has 9 heteroatoms. The van der Waals surface area contributed by atoms with E-state index in [4.69, 9.17) is 0 Å². The first-order valence-electron chi connectivity index (χ1n) is 10.7. The van der Waals surface area contributed by atoms with Gasteiger partial charge in [0.15, 0.2) is 5.78 Å². The summed E-state index contributed by atoms with van der Waals surface area (Å²) in [5, 5.41) is 17.4. The van der Waals surface area contributed by atoms with Crippen LogP contribution in [-0.4, -0.2) is 46.2 Å². The topological polar surface area (TPSA) is 122 Å². The molecule has 2 N–H and O–H groups in total. The maximum absolute atomic E-state index is 12.7. The van der Waals surface area contributed by atoms with Crippen molar-refractivity contribution in [3.63, 3.8) is 0 Å². The Morgan fingerprint density at radius 1 is 1.09 bits per heavy atom. The van der Waals surface area contributed by atoms with Crippen LogP contribution in [0.5, 0.6) is 0 Å². The number of imide groups is 1. The van der Waals surface area contributed by atoms with Gasteiger partial charge in [-0.1, -0.05) is 43.2 Å². The molecular weight excluding hydrogens is 412 g/mol. The number of benzene rings is 2. The summed E-state index contributed by atoms with van der Waals surface area (Å²) >= 11 is 0. The monoisotopic (exact) mass is 436 g/mol. The molecule has 9 nitrogen and oxygen atoms in total. The van der Waals surface area contributed by atoms with Crippen molar-refractivity contribution >= 4 is 29.1 Å². The Kier molecular flexibility index (Phi) is 5.89. The first kappa shape index (κ1) is 21.5. The predicted octanol–water partition coefficient (Wildman–Crippen LogP) is 3.49. The maximum Gasteiger partial charge on any atom is 0.325 e. The van der Waals surface area contributed by atoms with Crippen LogP contribution in [0.15, 0.2) is 48.5 Å². The summed E-state index contributed by atoms with van der Waals surface area (Å²) in [7, 11) is 0. The van der Waals surface area contributed by atoms with Crippen LogP contribution in [0.4, 0.5) is 16.2 Å². The van der Waals surface area contributed by atoms with Crippen molar-refractivity contribution in [3.8, 4) is 0 Å². The van der Waals surface area contributed by atoms with Gasteiger partial charge >= 0.3 is 6.03 Å². The summed E-state index contributed by atoms with van der Waals surface area (Å²) in [4.78, 5) is 49.7. The summed E-state index contributed by atoms with van der Waals surface area (Å²) in [6.45, 7) is 0.564. The number of ketones is 1. The van der Waals surface area contributed by atoms with Crippen LogP contribution in [-0.2, 0) is 4.79 Å². The van der Waals surface area contributed by atoms with E-state index >= 15 is 0 Å². The number of carbonyl (C=O) groups is 3. The SMILES string of the molecule is O=C(c1ccccc1)c1ccc(NCCCN2C(=O)NC3(CCCC3)C2=O)c([N+](=O)[O-])c1. The second kappa shape index (κ2) is 8.78. The first-order chi connectivity index (χ1) is 15.4. The molecule has 1 spiro atoms. The molecule has 0 atom stereocenters. The molecule has 2 fully saturated rings. The van der Waals surface area contributed by atoms with Crippen molar-refractivity contribution in [2.45, 2.75) is 37.6 Å². The zero-order valence-corrected chi connectivity index (χ0v) is 17.5. The van der Waals surface area contributed by atoms with Crippen LogP contribution in [0, 0.1) is 10.1 Å². The molecule has 0 bridgehead atoms. The minimum absolute atomic E-state index is 0.172. The number of hydrogen-bond acceptors (Lipinski definition) is 6. The number of nitro benzene ring substituents is 1. The second-order valence-corrected chi connectivity index (χ2v) is 8.14. The third-order valence-corrected chi connectivity index (χ3v) is 6.07. The fourth-order valence-electron chi connectivity index (χ4n) is 4.39. The Labute approximate surface area is 184 Å². The van der Waals surface area contributed by atoms with Crippen molar-refractivity contribution in [1.82, 2.24) is 10.2 Å². The highest BCUT2D eigenvalue weighted by atomic mass is 16.6. The lowest BCUT2D eigenvalue weighted by Gasteiger charge is -2.20. The van der Waals surface area contributed by atoms with Crippen molar-refractivity contribution < 1.29 is 19.3 Å². The van der Waals surface area contributed by atoms with Gasteiger partial charge in [-0.25, -0.2) is 4.79 Å². The first-order valence-corrected chi connectivity index (χ1v) is 10.7. The average Bonchev–Trinajstić information content (AvgIpc) is 3.36. The number of carbonyl (C=O) groups excluding carboxylic acids is 3. The number of nitrogens with one attached hydrogen (secondary N) is 2. The number of anilines is 1. The molecule has 2 aromatic carbocycles. The molecule has 1 aliphatic carbocycles. The van der Waals surface area contributed by atoms with Crippen molar-refractivity contribution in [3.05, 3.63) is 69.8 Å². The minimum atomic E-state index is -0.732. The van der Waals surface area contributed by atoms with Gasteiger partial charge in [-0.15, -0.1) is 0 Å². The number of nitro groups is 1. The Bertz CT molecular complexity index is 1060. The summed E-state index contributed by atoms with van der Waals surface area (Å²) in [5.74, 6) is -0.464. The molecule has 166 valence electrons. The van der Waals surface area contributed by atoms with Gasteiger partial charge in [0.25, 0.3) is 11.6 Å². The van der Waals surface area contributed by atoms with Gasteiger partial charge in [-0.05, 0) is 31.4 Å². The Balaban J connectivity index is 1.38. The van der Waals surface area contributed by atoms with Gasteiger partial charge in [0.05, 0.1) is 4.92 Å². The molecule has 2 aromatic rings. The standard InChI is InChI=1S/C23H24N4O5/c28-20(16-7-2-1-3-8-16)17-9-10-18(19(15-17)27(31)32)24-13-6-14-26-21(29)23(25-22(26)30)11-4-5-12-23/h1-3,7-10,15,24H,4-6,11-14H2,(H,25,30). The molecular formula is C23H24N4O5. The van der Waals surface area contributed by atoms with Crippen LogP contribution in [0.1, 0.15) is 48.0 Å². The van der Waals surface area contributed by atoms with E-state index in [-0.39, 0.29) is 41.2 Å². The van der Waals surface area contributed by atoms with Gasteiger partial charge in [-0.3, -0.25) is 24.6 Å². The van der Waals surface area contributed by atoms with Gasteiger partial charge in [0, 0.05) is 30.3 Å². The lowest BCUT2D eigenvalue weighted by Crippen LogP contribution is -2.44. The number of rotatable bonds is 8. The van der Waals surface area contributed by atoms with E-state index in [1.54, 1.807) is 36.4 Å². The average molecular weight is 436 g/mol. The number of urea groups is 1. The third-order valence-electron chi connectivity index (χ3n) is 6.07. The molecule has 2 aliphatic rings. The molecule has 4 rings (SSSR count). The highest BCUT2D eigenvalue weighted by Crippen LogP contribution is 2.35. The van der Waals surface area contributed by atoms with E-state index in [0.717, 1.165) is 12.8 Å². The number of nitrogens with zero attached hydrogens (tertiary/aromatic N) is 2. The van der Waals surface area contributed by atoms with Gasteiger partial charge < -0.3 is 10.6 Å². The minimum Gasteiger partial charge on any atom is -0.379 e. The third kappa shape index (κ3) is 4.05. The highest BCUT2D eigenvalue weighted by Gasteiger charge is 2.51. The number of hydrogen-bond donors (Lipinski definition) is 2. The lowest BCUT2D eigenvalue weighted by atomic mass is 9.98. The van der Waals surface area contributed by atoms with Gasteiger partial charge in [-0.2, -0.15) is 0 Å². The quantitative estimate of drug-likeness (QED) is 0.215. The number of amides is 3. The molecule has 1 saturated heterocycles. The van der Waals surface area contributed by atoms with Gasteiger partial charge in [0.1, 0.15) is 11.2 Å². The maximum atomic E-state index is 12.7. The molecule has 0 aromatic heterocycles. The summed E-state index contributed by atoms with van der Waals surface area (Å²) in [6.07, 6.45) is 3.64. The van der Waals surface area contributed by atoms with E-state index in [0.29, 0.717) is 31.4 Å². The second-order valence-electron chi connectivity index (χ2n) is 8.14. The van der Waals surface area contributed by atoms with Crippen molar-refractivity contribution in [1.29, 1.82) is 0 Å². The largest absolute Gasteiger partial charge is 0.379 e. The lowest BCUT2D eigenvalue weighted by molar-refractivity contribution is -0.384. The van der Waals surface area contributed by atoms with E-state index in [1.807, 2.05) is 0 Å². The zero-order valence-electron chi connectivity index (χ0n) is 17.5. The molecule has 32 heavy (non-hydrogen) atoms. The molecule has 0 unspecified atom stereocenters. The van der Waals surface area contributed by atoms with E-state index in [1.165, 1.54) is 17.0 Å². The van der Waals surface area contributed by atoms with Crippen LogP contribution >= 0.6 is 0 Å². The Morgan fingerprint density at radius 3 is 2.50 bits per heavy atom. The van der Waals surface area contributed by atoms with Crippen LogP contribution in [0.2, 0.25) is 0 Å².